The Balaban J connectivity index is 1.96. The van der Waals surface area contributed by atoms with Crippen molar-refractivity contribution in [2.45, 2.75) is 79.1 Å². The smallest absolute Gasteiger partial charge is 0.309 e. The highest BCUT2D eigenvalue weighted by atomic mass is 16.4. The number of carboxylic acid groups (broad SMARTS) is 1. The Labute approximate surface area is 135 Å². The van der Waals surface area contributed by atoms with Gasteiger partial charge in [-0.3, -0.25) is 4.79 Å². The fourth-order valence-corrected chi connectivity index (χ4v) is 6.01. The van der Waals surface area contributed by atoms with Crippen LogP contribution in [0, 0.1) is 28.6 Å². The van der Waals surface area contributed by atoms with Crippen LogP contribution < -0.4 is 0 Å². The molecular formula is C20H32O2. The fourth-order valence-electron chi connectivity index (χ4n) is 6.01. The average molecular weight is 304 g/mol. The van der Waals surface area contributed by atoms with Crippen LogP contribution in [-0.4, -0.2) is 11.1 Å². The molecule has 3 aliphatic rings. The van der Waals surface area contributed by atoms with Gasteiger partial charge in [0.15, 0.2) is 0 Å². The van der Waals surface area contributed by atoms with E-state index in [0.29, 0.717) is 5.92 Å². The van der Waals surface area contributed by atoms with Gasteiger partial charge in [-0.05, 0) is 75.0 Å². The van der Waals surface area contributed by atoms with Crippen molar-refractivity contribution in [1.29, 1.82) is 0 Å². The largest absolute Gasteiger partial charge is 0.481 e. The molecule has 0 aromatic carbocycles. The van der Waals surface area contributed by atoms with Crippen molar-refractivity contribution in [3.63, 3.8) is 0 Å². The summed E-state index contributed by atoms with van der Waals surface area (Å²) in [6, 6.07) is 0. The first kappa shape index (κ1) is 16.1. The third-order valence-electron chi connectivity index (χ3n) is 7.49. The molecule has 0 saturated heterocycles. The van der Waals surface area contributed by atoms with Crippen molar-refractivity contribution in [1.82, 2.24) is 0 Å². The van der Waals surface area contributed by atoms with Crippen LogP contribution in [0.2, 0.25) is 0 Å². The second kappa shape index (κ2) is 5.39. The van der Waals surface area contributed by atoms with Gasteiger partial charge in [-0.25, -0.2) is 0 Å². The van der Waals surface area contributed by atoms with Crippen LogP contribution in [0.15, 0.2) is 11.1 Å². The molecule has 22 heavy (non-hydrogen) atoms. The Morgan fingerprint density at radius 1 is 1.18 bits per heavy atom. The van der Waals surface area contributed by atoms with Gasteiger partial charge in [0.25, 0.3) is 0 Å². The summed E-state index contributed by atoms with van der Waals surface area (Å²) in [4.78, 5) is 12.0. The summed E-state index contributed by atoms with van der Waals surface area (Å²) in [6.07, 6.45) is 9.18. The van der Waals surface area contributed by atoms with Crippen molar-refractivity contribution in [3.8, 4) is 0 Å². The number of allylic oxidation sites excluding steroid dienone is 2. The highest BCUT2D eigenvalue weighted by Crippen LogP contribution is 2.62. The summed E-state index contributed by atoms with van der Waals surface area (Å²) in [5, 5.41) is 9.85. The predicted octanol–water partition coefficient (Wildman–Crippen LogP) is 5.43. The van der Waals surface area contributed by atoms with E-state index >= 15 is 0 Å². The first-order valence-electron chi connectivity index (χ1n) is 9.24. The Morgan fingerprint density at radius 2 is 1.91 bits per heavy atom. The van der Waals surface area contributed by atoms with Gasteiger partial charge in [0, 0.05) is 0 Å². The summed E-state index contributed by atoms with van der Waals surface area (Å²) in [6.45, 7) is 9.11. The van der Waals surface area contributed by atoms with E-state index in [9.17, 15) is 9.90 Å². The summed E-state index contributed by atoms with van der Waals surface area (Å²) < 4.78 is 0. The van der Waals surface area contributed by atoms with Gasteiger partial charge < -0.3 is 5.11 Å². The molecule has 0 aliphatic heterocycles. The Kier molecular flexibility index (Phi) is 3.94. The monoisotopic (exact) mass is 304 g/mol. The average Bonchev–Trinajstić information content (AvgIpc) is 2.46. The van der Waals surface area contributed by atoms with E-state index in [0.717, 1.165) is 37.5 Å². The molecule has 0 aromatic rings. The van der Waals surface area contributed by atoms with E-state index in [1.807, 2.05) is 6.92 Å². The Morgan fingerprint density at radius 3 is 2.55 bits per heavy atom. The summed E-state index contributed by atoms with van der Waals surface area (Å²) in [5.74, 6) is 1.38. The molecule has 3 rings (SSSR count). The number of hydrogen-bond acceptors (Lipinski definition) is 1. The van der Waals surface area contributed by atoms with Crippen LogP contribution in [0.25, 0.3) is 0 Å². The maximum atomic E-state index is 12.0. The quantitative estimate of drug-likeness (QED) is 0.691. The molecule has 1 saturated carbocycles. The molecule has 1 fully saturated rings. The predicted molar refractivity (Wildman–Crippen MR) is 89.6 cm³/mol. The third-order valence-corrected chi connectivity index (χ3v) is 7.49. The standard InChI is InChI=1S/C20H32O2/c1-13(2)14-6-8-16-15(12-14)7-9-17-19(16,3)10-5-11-20(17,4)18(21)22/h13-14,17H,5-12H2,1-4H3,(H,21,22)/t14-,17+,19+,20+/m0/s1. The highest BCUT2D eigenvalue weighted by molar-refractivity contribution is 5.75. The van der Waals surface area contributed by atoms with E-state index in [-0.39, 0.29) is 5.41 Å². The van der Waals surface area contributed by atoms with Gasteiger partial charge in [-0.15, -0.1) is 0 Å². The van der Waals surface area contributed by atoms with Gasteiger partial charge in [0.1, 0.15) is 0 Å². The van der Waals surface area contributed by atoms with Crippen LogP contribution >= 0.6 is 0 Å². The minimum Gasteiger partial charge on any atom is -0.481 e. The van der Waals surface area contributed by atoms with Crippen LogP contribution in [0.3, 0.4) is 0 Å². The molecule has 0 radical (unpaired) electrons. The zero-order valence-electron chi connectivity index (χ0n) is 14.7. The Bertz CT molecular complexity index is 504. The van der Waals surface area contributed by atoms with Crippen molar-refractivity contribution < 1.29 is 9.90 Å². The molecular weight excluding hydrogens is 272 g/mol. The van der Waals surface area contributed by atoms with Gasteiger partial charge in [-0.1, -0.05) is 38.3 Å². The summed E-state index contributed by atoms with van der Waals surface area (Å²) in [7, 11) is 0. The van der Waals surface area contributed by atoms with Crippen molar-refractivity contribution in [3.05, 3.63) is 11.1 Å². The molecule has 124 valence electrons. The van der Waals surface area contributed by atoms with Crippen LogP contribution in [0.5, 0.6) is 0 Å². The van der Waals surface area contributed by atoms with Crippen molar-refractivity contribution in [2.24, 2.45) is 28.6 Å². The fraction of sp³-hybridized carbons (Fsp3) is 0.850. The van der Waals surface area contributed by atoms with Crippen LogP contribution in [0.1, 0.15) is 79.1 Å². The van der Waals surface area contributed by atoms with E-state index in [1.54, 1.807) is 11.1 Å². The molecule has 0 bridgehead atoms. The molecule has 1 N–H and O–H groups in total. The normalized spacial score (nSPS) is 42.0. The van der Waals surface area contributed by atoms with E-state index in [1.165, 1.54) is 25.7 Å². The summed E-state index contributed by atoms with van der Waals surface area (Å²) >= 11 is 0. The van der Waals surface area contributed by atoms with Crippen molar-refractivity contribution in [2.75, 3.05) is 0 Å². The van der Waals surface area contributed by atoms with Crippen LogP contribution in [-0.2, 0) is 4.79 Å². The maximum Gasteiger partial charge on any atom is 0.309 e. The highest BCUT2D eigenvalue weighted by Gasteiger charge is 2.56. The molecule has 2 heteroatoms. The summed E-state index contributed by atoms with van der Waals surface area (Å²) in [5.41, 5.74) is 3.02. The minimum absolute atomic E-state index is 0.154. The first-order chi connectivity index (χ1) is 10.3. The van der Waals surface area contributed by atoms with Gasteiger partial charge >= 0.3 is 5.97 Å². The van der Waals surface area contributed by atoms with E-state index in [4.69, 9.17) is 0 Å². The number of hydrogen-bond donors (Lipinski definition) is 1. The number of rotatable bonds is 2. The molecule has 2 nitrogen and oxygen atoms in total. The lowest BCUT2D eigenvalue weighted by Crippen LogP contribution is -2.51. The molecule has 0 spiro atoms. The SMILES string of the molecule is CC(C)[C@H]1CCC2=C(CC[C@H]3[C@](C)(C(=O)O)CCC[C@]23C)C1. The van der Waals surface area contributed by atoms with Crippen molar-refractivity contribution >= 4 is 5.97 Å². The molecule has 0 unspecified atom stereocenters. The molecule has 3 aliphatic carbocycles. The lowest BCUT2D eigenvalue weighted by atomic mass is 9.48. The van der Waals surface area contributed by atoms with Gasteiger partial charge in [-0.2, -0.15) is 0 Å². The number of aliphatic carboxylic acids is 1. The van der Waals surface area contributed by atoms with Gasteiger partial charge in [0.2, 0.25) is 0 Å². The lowest BCUT2D eigenvalue weighted by Gasteiger charge is -2.56. The van der Waals surface area contributed by atoms with Crippen LogP contribution in [0.4, 0.5) is 0 Å². The Hall–Kier alpha value is -0.790. The van der Waals surface area contributed by atoms with E-state index < -0.39 is 11.4 Å². The molecule has 0 heterocycles. The number of fused-ring (bicyclic) bond motifs is 2. The van der Waals surface area contributed by atoms with Gasteiger partial charge in [0.05, 0.1) is 5.41 Å². The lowest BCUT2D eigenvalue weighted by molar-refractivity contribution is -0.159. The third kappa shape index (κ3) is 2.25. The molecule has 0 amide bonds. The first-order valence-corrected chi connectivity index (χ1v) is 9.24. The second-order valence-electron chi connectivity index (χ2n) is 8.91. The topological polar surface area (TPSA) is 37.3 Å². The molecule has 0 aromatic heterocycles. The number of carboxylic acids is 1. The maximum absolute atomic E-state index is 12.0. The number of carbonyl (C=O) groups is 1. The van der Waals surface area contributed by atoms with E-state index in [2.05, 4.69) is 20.8 Å². The second-order valence-corrected chi connectivity index (χ2v) is 8.91. The zero-order valence-corrected chi connectivity index (χ0v) is 14.7. The zero-order chi connectivity index (χ0) is 16.1. The molecule has 4 atom stereocenters. The minimum atomic E-state index is -0.566.